The summed E-state index contributed by atoms with van der Waals surface area (Å²) >= 11 is 0. The van der Waals surface area contributed by atoms with Gasteiger partial charge in [-0.3, -0.25) is 10.8 Å². The van der Waals surface area contributed by atoms with Crippen molar-refractivity contribution in [3.8, 4) is 11.6 Å². The maximum absolute atomic E-state index is 13.5. The molecule has 0 radical (unpaired) electrons. The Hall–Kier alpha value is -2.25. The number of hydrogen-bond acceptors (Lipinski definition) is 6. The molecule has 2 aromatic rings. The molecule has 0 aliphatic carbocycles. The molecule has 2 rings (SSSR count). The molecule has 0 saturated heterocycles. The minimum atomic E-state index is -0.492. The number of ether oxygens (including phenoxy) is 2. The van der Waals surface area contributed by atoms with E-state index in [4.69, 9.17) is 15.3 Å². The molecule has 20 heavy (non-hydrogen) atoms. The normalized spacial score (nSPS) is 12.0. The average Bonchev–Trinajstić information content (AvgIpc) is 2.50. The summed E-state index contributed by atoms with van der Waals surface area (Å²) in [5, 5.41) is 0. The smallest absolute Gasteiger partial charge is 0.237 e. The Bertz CT molecular complexity index is 594. The van der Waals surface area contributed by atoms with Gasteiger partial charge in [-0.25, -0.2) is 14.8 Å². The second kappa shape index (κ2) is 6.27. The molecule has 1 aromatic carbocycles. The van der Waals surface area contributed by atoms with Gasteiger partial charge in [0.25, 0.3) is 0 Å². The van der Waals surface area contributed by atoms with Crippen molar-refractivity contribution in [3.63, 3.8) is 0 Å². The van der Waals surface area contributed by atoms with Crippen LogP contribution in [0.4, 0.5) is 4.39 Å². The van der Waals surface area contributed by atoms with Crippen LogP contribution in [0, 0.1) is 5.82 Å². The maximum Gasteiger partial charge on any atom is 0.237 e. The molecule has 1 heterocycles. The number of hydrogen-bond donors (Lipinski definition) is 2. The van der Waals surface area contributed by atoms with Gasteiger partial charge in [0.15, 0.2) is 11.6 Å². The van der Waals surface area contributed by atoms with Gasteiger partial charge in [0.1, 0.15) is 5.69 Å². The zero-order valence-corrected chi connectivity index (χ0v) is 11.1. The van der Waals surface area contributed by atoms with Crippen LogP contribution in [0.3, 0.4) is 0 Å². The van der Waals surface area contributed by atoms with Crippen LogP contribution < -0.4 is 20.7 Å². The number of methoxy groups -OCH3 is 2. The van der Waals surface area contributed by atoms with Crippen molar-refractivity contribution < 1.29 is 13.9 Å². The van der Waals surface area contributed by atoms with Crippen LogP contribution in [0.2, 0.25) is 0 Å². The summed E-state index contributed by atoms with van der Waals surface area (Å²) in [6, 6.07) is 3.96. The van der Waals surface area contributed by atoms with Gasteiger partial charge < -0.3 is 9.47 Å². The zero-order valence-electron chi connectivity index (χ0n) is 11.1. The van der Waals surface area contributed by atoms with Crippen molar-refractivity contribution >= 4 is 0 Å². The average molecular weight is 278 g/mol. The van der Waals surface area contributed by atoms with Crippen LogP contribution in [0.1, 0.15) is 17.3 Å². The van der Waals surface area contributed by atoms with Gasteiger partial charge >= 0.3 is 0 Å². The lowest BCUT2D eigenvalue weighted by atomic mass is 10.0. The van der Waals surface area contributed by atoms with Crippen molar-refractivity contribution in [3.05, 3.63) is 47.7 Å². The van der Waals surface area contributed by atoms with E-state index in [1.807, 2.05) is 0 Å². The van der Waals surface area contributed by atoms with Crippen molar-refractivity contribution in [2.45, 2.75) is 6.04 Å². The largest absolute Gasteiger partial charge is 0.494 e. The lowest BCUT2D eigenvalue weighted by molar-refractivity contribution is 0.379. The summed E-state index contributed by atoms with van der Waals surface area (Å²) in [6.07, 6.45) is 3.05. The summed E-state index contributed by atoms with van der Waals surface area (Å²) in [4.78, 5) is 8.28. The first-order chi connectivity index (χ1) is 9.71. The van der Waals surface area contributed by atoms with Gasteiger partial charge in [-0.05, 0) is 17.7 Å². The van der Waals surface area contributed by atoms with E-state index in [-0.39, 0.29) is 5.75 Å². The summed E-state index contributed by atoms with van der Waals surface area (Å²) in [5.41, 5.74) is 3.81. The number of nitrogens with one attached hydrogen (secondary N) is 1. The molecule has 106 valence electrons. The Balaban J connectivity index is 2.47. The molecule has 0 aliphatic rings. The van der Waals surface area contributed by atoms with Crippen LogP contribution >= 0.6 is 0 Å². The Kier molecular flexibility index (Phi) is 4.44. The van der Waals surface area contributed by atoms with E-state index in [0.29, 0.717) is 17.1 Å². The van der Waals surface area contributed by atoms with Crippen LogP contribution in [-0.4, -0.2) is 24.2 Å². The van der Waals surface area contributed by atoms with Crippen LogP contribution in [0.25, 0.3) is 0 Å². The molecular formula is C13H15FN4O2. The highest BCUT2D eigenvalue weighted by Crippen LogP contribution is 2.29. The standard InChI is InChI=1S/C13H15FN4O2/c1-19-10-7-8(3-4-9(10)14)11(18-15)12-13(20-2)17-6-5-16-12/h3-7,11,18H,15H2,1-2H3. The zero-order chi connectivity index (χ0) is 14.5. The number of aromatic nitrogens is 2. The number of hydrazine groups is 1. The molecule has 0 saturated carbocycles. The third-order valence-electron chi connectivity index (χ3n) is 2.83. The van der Waals surface area contributed by atoms with Crippen LogP contribution in [0.15, 0.2) is 30.6 Å². The van der Waals surface area contributed by atoms with E-state index in [9.17, 15) is 4.39 Å². The van der Waals surface area contributed by atoms with Crippen molar-refractivity contribution in [1.82, 2.24) is 15.4 Å². The summed E-state index contributed by atoms with van der Waals surface area (Å²) in [5.74, 6) is 5.61. The quantitative estimate of drug-likeness (QED) is 0.631. The highest BCUT2D eigenvalue weighted by Gasteiger charge is 2.20. The van der Waals surface area contributed by atoms with Crippen LogP contribution in [-0.2, 0) is 0 Å². The predicted molar refractivity (Wildman–Crippen MR) is 70.7 cm³/mol. The van der Waals surface area contributed by atoms with Gasteiger partial charge in [-0.2, -0.15) is 0 Å². The number of benzene rings is 1. The fourth-order valence-corrected chi connectivity index (χ4v) is 1.88. The van der Waals surface area contributed by atoms with Crippen molar-refractivity contribution in [2.24, 2.45) is 5.84 Å². The molecule has 0 spiro atoms. The van der Waals surface area contributed by atoms with E-state index < -0.39 is 11.9 Å². The molecule has 0 amide bonds. The summed E-state index contributed by atoms with van der Waals surface area (Å²) in [7, 11) is 2.89. The second-order valence-electron chi connectivity index (χ2n) is 3.94. The fourth-order valence-electron chi connectivity index (χ4n) is 1.88. The highest BCUT2D eigenvalue weighted by molar-refractivity contribution is 5.38. The van der Waals surface area contributed by atoms with Crippen molar-refractivity contribution in [2.75, 3.05) is 14.2 Å². The van der Waals surface area contributed by atoms with Crippen LogP contribution in [0.5, 0.6) is 11.6 Å². The third-order valence-corrected chi connectivity index (χ3v) is 2.83. The molecule has 3 N–H and O–H groups in total. The highest BCUT2D eigenvalue weighted by atomic mass is 19.1. The minimum Gasteiger partial charge on any atom is -0.494 e. The molecule has 6 nitrogen and oxygen atoms in total. The molecular weight excluding hydrogens is 263 g/mol. The Labute approximate surface area is 115 Å². The van der Waals surface area contributed by atoms with Gasteiger partial charge in [0, 0.05) is 12.4 Å². The first-order valence-electron chi connectivity index (χ1n) is 5.85. The fraction of sp³-hybridized carbons (Fsp3) is 0.231. The Morgan fingerprint density at radius 3 is 2.60 bits per heavy atom. The minimum absolute atomic E-state index is 0.130. The molecule has 7 heteroatoms. The topological polar surface area (TPSA) is 82.3 Å². The predicted octanol–water partition coefficient (Wildman–Crippen LogP) is 1.19. The third kappa shape index (κ3) is 2.68. The Morgan fingerprint density at radius 2 is 1.95 bits per heavy atom. The van der Waals surface area contributed by atoms with Gasteiger partial charge in [-0.1, -0.05) is 6.07 Å². The summed E-state index contributed by atoms with van der Waals surface area (Å²) in [6.45, 7) is 0. The first kappa shape index (κ1) is 14.2. The first-order valence-corrected chi connectivity index (χ1v) is 5.85. The lowest BCUT2D eigenvalue weighted by Crippen LogP contribution is -2.30. The van der Waals surface area contributed by atoms with Gasteiger partial charge in [0.2, 0.25) is 5.88 Å². The molecule has 1 unspecified atom stereocenters. The van der Waals surface area contributed by atoms with E-state index in [1.165, 1.54) is 32.7 Å². The number of nitrogens with zero attached hydrogens (tertiary/aromatic N) is 2. The Morgan fingerprint density at radius 1 is 1.20 bits per heavy atom. The van der Waals surface area contributed by atoms with Gasteiger partial charge in [0.05, 0.1) is 20.3 Å². The van der Waals surface area contributed by atoms with Gasteiger partial charge in [-0.15, -0.1) is 0 Å². The molecule has 0 fully saturated rings. The molecule has 0 bridgehead atoms. The van der Waals surface area contributed by atoms with E-state index in [2.05, 4.69) is 15.4 Å². The van der Waals surface area contributed by atoms with E-state index in [0.717, 1.165) is 0 Å². The second-order valence-corrected chi connectivity index (χ2v) is 3.94. The maximum atomic E-state index is 13.5. The molecule has 0 aliphatic heterocycles. The number of rotatable bonds is 5. The lowest BCUT2D eigenvalue weighted by Gasteiger charge is -2.18. The van der Waals surface area contributed by atoms with E-state index >= 15 is 0 Å². The molecule has 1 atom stereocenters. The van der Waals surface area contributed by atoms with Crippen molar-refractivity contribution in [1.29, 1.82) is 0 Å². The summed E-state index contributed by atoms with van der Waals surface area (Å²) < 4.78 is 23.6. The SMILES string of the molecule is COc1cc(C(NN)c2nccnc2OC)ccc1F. The monoisotopic (exact) mass is 278 g/mol. The molecule has 1 aromatic heterocycles. The number of halogens is 1. The number of nitrogens with two attached hydrogens (primary N) is 1. The van der Waals surface area contributed by atoms with E-state index in [1.54, 1.807) is 12.1 Å².